The van der Waals surface area contributed by atoms with Crippen molar-refractivity contribution in [3.05, 3.63) is 36.2 Å². The van der Waals surface area contributed by atoms with Gasteiger partial charge >= 0.3 is 0 Å². The van der Waals surface area contributed by atoms with Gasteiger partial charge in [-0.05, 0) is 48.4 Å². The van der Waals surface area contributed by atoms with Crippen LogP contribution in [0.4, 0.5) is 0 Å². The second-order valence-corrected chi connectivity index (χ2v) is 5.47. The van der Waals surface area contributed by atoms with E-state index in [-0.39, 0.29) is 0 Å². The van der Waals surface area contributed by atoms with E-state index in [1.165, 1.54) is 24.8 Å². The van der Waals surface area contributed by atoms with E-state index < -0.39 is 0 Å². The third-order valence-electron chi connectivity index (χ3n) is 3.46. The summed E-state index contributed by atoms with van der Waals surface area (Å²) in [6, 6.07) is 2.08. The number of nitrogens with zero attached hydrogens (tertiary/aromatic N) is 1. The first-order valence-electron chi connectivity index (χ1n) is 6.58. The van der Waals surface area contributed by atoms with Crippen LogP contribution in [0.25, 0.3) is 5.57 Å². The van der Waals surface area contributed by atoms with Crippen molar-refractivity contribution >= 4 is 5.57 Å². The topological polar surface area (TPSA) is 12.9 Å². The lowest BCUT2D eigenvalue weighted by Gasteiger charge is -2.28. The average molecular weight is 231 g/mol. The number of aryl methyl sites for hydroxylation is 1. The van der Waals surface area contributed by atoms with Gasteiger partial charge in [0.1, 0.15) is 0 Å². The van der Waals surface area contributed by atoms with E-state index in [1.807, 2.05) is 26.2 Å². The second kappa shape index (κ2) is 6.58. The normalized spacial score (nSPS) is 14.9. The monoisotopic (exact) mass is 231 g/mol. The predicted molar refractivity (Wildman–Crippen MR) is 75.9 cm³/mol. The number of aromatic nitrogens is 1. The largest absolute Gasteiger partial charge is 0.264 e. The van der Waals surface area contributed by atoms with Gasteiger partial charge < -0.3 is 0 Å². The van der Waals surface area contributed by atoms with Gasteiger partial charge in [0.15, 0.2) is 0 Å². The lowest BCUT2D eigenvalue weighted by molar-refractivity contribution is 0.235. The van der Waals surface area contributed by atoms with Gasteiger partial charge in [0.2, 0.25) is 0 Å². The van der Waals surface area contributed by atoms with Crippen molar-refractivity contribution in [3.63, 3.8) is 0 Å². The molecular weight excluding hydrogens is 206 g/mol. The van der Waals surface area contributed by atoms with Crippen LogP contribution in [0.15, 0.2) is 25.0 Å². The van der Waals surface area contributed by atoms with Crippen molar-refractivity contribution in [1.82, 2.24) is 4.98 Å². The Bertz CT molecular complexity index is 362. The number of hydrogen-bond acceptors (Lipinski definition) is 1. The zero-order valence-electron chi connectivity index (χ0n) is 11.7. The molecule has 1 aliphatic carbocycles. The molecule has 0 radical (unpaired) electrons. The van der Waals surface area contributed by atoms with Crippen LogP contribution in [0.2, 0.25) is 0 Å². The Hall–Kier alpha value is -1.11. The highest BCUT2D eigenvalue weighted by molar-refractivity contribution is 5.60. The Kier molecular flexibility index (Phi) is 5.40. The highest BCUT2D eigenvalue weighted by atomic mass is 14.6. The molecule has 0 bridgehead atoms. The third kappa shape index (κ3) is 4.72. The molecule has 0 aliphatic heterocycles. The fraction of sp³-hybridized carbons (Fsp3) is 0.562. The van der Waals surface area contributed by atoms with Crippen molar-refractivity contribution in [3.8, 4) is 0 Å². The maximum absolute atomic E-state index is 4.04. The summed E-state index contributed by atoms with van der Waals surface area (Å²) in [6.45, 7) is 12.5. The maximum atomic E-state index is 4.04. The molecule has 1 nitrogen and oxygen atoms in total. The Balaban J connectivity index is 0.000000181. The van der Waals surface area contributed by atoms with Crippen LogP contribution in [0.1, 0.15) is 51.2 Å². The average Bonchev–Trinajstić information content (AvgIpc) is 2.14. The summed E-state index contributed by atoms with van der Waals surface area (Å²) in [5.74, 6) is 2.04. The number of pyridine rings is 1. The van der Waals surface area contributed by atoms with E-state index in [2.05, 4.69) is 31.5 Å². The van der Waals surface area contributed by atoms with E-state index in [9.17, 15) is 0 Å². The minimum Gasteiger partial charge on any atom is -0.264 e. The molecule has 1 aromatic rings. The van der Waals surface area contributed by atoms with E-state index in [0.29, 0.717) is 0 Å². The van der Waals surface area contributed by atoms with Gasteiger partial charge in [-0.15, -0.1) is 0 Å². The van der Waals surface area contributed by atoms with Gasteiger partial charge in [-0.25, -0.2) is 0 Å². The first-order valence-corrected chi connectivity index (χ1v) is 6.58. The molecule has 0 atom stereocenters. The maximum Gasteiger partial charge on any atom is 0.0342 e. The summed E-state index contributed by atoms with van der Waals surface area (Å²) in [6.07, 6.45) is 8.15. The molecule has 17 heavy (non-hydrogen) atoms. The standard InChI is InChI=1S/C9H11N.C7H14/c1-7(2)9-4-8(3)5-10-6-9;1-6(2)7-4-3-5-7/h4-6H,1H2,2-3H3;6-7H,3-5H2,1-2H3. The molecule has 0 amide bonds. The zero-order chi connectivity index (χ0) is 12.8. The van der Waals surface area contributed by atoms with Crippen molar-refractivity contribution < 1.29 is 0 Å². The first kappa shape index (κ1) is 14.0. The molecule has 1 saturated carbocycles. The summed E-state index contributed by atoms with van der Waals surface area (Å²) in [5.41, 5.74) is 3.37. The predicted octanol–water partition coefficient (Wildman–Crippen LogP) is 4.87. The molecule has 1 fully saturated rings. The number of rotatable bonds is 2. The van der Waals surface area contributed by atoms with E-state index in [0.717, 1.165) is 23.0 Å². The van der Waals surface area contributed by atoms with Gasteiger partial charge in [-0.2, -0.15) is 0 Å². The van der Waals surface area contributed by atoms with E-state index in [4.69, 9.17) is 0 Å². The fourth-order valence-electron chi connectivity index (χ4n) is 1.89. The minimum absolute atomic E-state index is 0.953. The number of hydrogen-bond donors (Lipinski definition) is 0. The van der Waals surface area contributed by atoms with Crippen molar-refractivity contribution in [1.29, 1.82) is 0 Å². The summed E-state index contributed by atoms with van der Waals surface area (Å²) in [5, 5.41) is 0. The van der Waals surface area contributed by atoms with Crippen LogP contribution < -0.4 is 0 Å². The molecule has 0 spiro atoms. The summed E-state index contributed by atoms with van der Waals surface area (Å²) >= 11 is 0. The SMILES string of the molecule is C=C(C)c1cncc(C)c1.CC(C)C1CCC1. The van der Waals surface area contributed by atoms with Crippen LogP contribution in [0.3, 0.4) is 0 Å². The summed E-state index contributed by atoms with van der Waals surface area (Å²) < 4.78 is 0. The van der Waals surface area contributed by atoms with Crippen molar-refractivity contribution in [2.75, 3.05) is 0 Å². The van der Waals surface area contributed by atoms with Crippen molar-refractivity contribution in [2.24, 2.45) is 11.8 Å². The Morgan fingerprint density at radius 2 is 2.00 bits per heavy atom. The number of allylic oxidation sites excluding steroid dienone is 1. The van der Waals surface area contributed by atoms with Gasteiger partial charge in [0.05, 0.1) is 0 Å². The van der Waals surface area contributed by atoms with E-state index >= 15 is 0 Å². The highest BCUT2D eigenvalue weighted by Gasteiger charge is 2.19. The van der Waals surface area contributed by atoms with Gasteiger partial charge in [0.25, 0.3) is 0 Å². The van der Waals surface area contributed by atoms with Gasteiger partial charge in [0, 0.05) is 12.4 Å². The molecule has 1 heteroatoms. The molecule has 0 N–H and O–H groups in total. The van der Waals surface area contributed by atoms with Crippen LogP contribution >= 0.6 is 0 Å². The fourth-order valence-corrected chi connectivity index (χ4v) is 1.89. The van der Waals surface area contributed by atoms with Crippen LogP contribution in [0, 0.1) is 18.8 Å². The Morgan fingerprint density at radius 1 is 1.35 bits per heavy atom. The molecule has 94 valence electrons. The van der Waals surface area contributed by atoms with E-state index in [1.54, 1.807) is 0 Å². The molecule has 0 saturated heterocycles. The second-order valence-electron chi connectivity index (χ2n) is 5.47. The highest BCUT2D eigenvalue weighted by Crippen LogP contribution is 2.32. The van der Waals surface area contributed by atoms with Gasteiger partial charge in [-0.3, -0.25) is 4.98 Å². The Labute approximate surface area is 106 Å². The minimum atomic E-state index is 0.953. The van der Waals surface area contributed by atoms with Crippen LogP contribution in [0.5, 0.6) is 0 Å². The molecular formula is C16H25N. The quantitative estimate of drug-likeness (QED) is 0.708. The molecule has 0 aromatic carbocycles. The van der Waals surface area contributed by atoms with Crippen LogP contribution in [-0.4, -0.2) is 4.98 Å². The smallest absolute Gasteiger partial charge is 0.0342 e. The van der Waals surface area contributed by atoms with Crippen LogP contribution in [-0.2, 0) is 0 Å². The molecule has 0 unspecified atom stereocenters. The molecule has 1 aliphatic rings. The Morgan fingerprint density at radius 3 is 2.24 bits per heavy atom. The zero-order valence-corrected chi connectivity index (χ0v) is 11.7. The summed E-state index contributed by atoms with van der Waals surface area (Å²) in [7, 11) is 0. The van der Waals surface area contributed by atoms with Crippen molar-refractivity contribution in [2.45, 2.75) is 47.0 Å². The summed E-state index contributed by atoms with van der Waals surface area (Å²) in [4.78, 5) is 4.04. The molecule has 2 rings (SSSR count). The third-order valence-corrected chi connectivity index (χ3v) is 3.46. The molecule has 1 aromatic heterocycles. The first-order chi connectivity index (χ1) is 8.00. The lowest BCUT2D eigenvalue weighted by atomic mass is 9.78. The lowest BCUT2D eigenvalue weighted by Crippen LogP contribution is -2.16. The molecule has 1 heterocycles. The van der Waals surface area contributed by atoms with Gasteiger partial charge in [-0.1, -0.05) is 39.7 Å².